The number of benzene rings is 2. The molecule has 2 fully saturated rings. The number of unbranched alkanes of at least 4 members (excludes halogenated alkanes) is 1. The number of aliphatic hydroxyl groups excluding tert-OH is 2. The van der Waals surface area contributed by atoms with Gasteiger partial charge in [0.25, 0.3) is 0 Å². The van der Waals surface area contributed by atoms with E-state index in [-0.39, 0.29) is 43.8 Å². The summed E-state index contributed by atoms with van der Waals surface area (Å²) in [4.78, 5) is 25.5. The van der Waals surface area contributed by atoms with Crippen LogP contribution in [0.4, 0.5) is 0 Å². The number of nitrogens with zero attached hydrogens (tertiary/aromatic N) is 1. The predicted molar refractivity (Wildman–Crippen MR) is 147 cm³/mol. The summed E-state index contributed by atoms with van der Waals surface area (Å²) < 4.78 is 12.9. The molecule has 0 radical (unpaired) electrons. The van der Waals surface area contributed by atoms with Crippen LogP contribution in [-0.2, 0) is 32.2 Å². The van der Waals surface area contributed by atoms with Gasteiger partial charge >= 0.3 is 0 Å². The third-order valence-corrected chi connectivity index (χ3v) is 7.69. The first-order valence-corrected chi connectivity index (χ1v) is 14.1. The van der Waals surface area contributed by atoms with Crippen LogP contribution in [0, 0.1) is 0 Å². The van der Waals surface area contributed by atoms with E-state index in [9.17, 15) is 19.8 Å². The third-order valence-electron chi connectivity index (χ3n) is 7.69. The van der Waals surface area contributed by atoms with Crippen LogP contribution in [0.5, 0.6) is 0 Å². The van der Waals surface area contributed by atoms with Crippen molar-refractivity contribution in [2.45, 2.75) is 82.6 Å². The van der Waals surface area contributed by atoms with Gasteiger partial charge < -0.3 is 25.0 Å². The fourth-order valence-corrected chi connectivity index (χ4v) is 5.35. The number of carbonyl (C=O) groups excluding carboxylic acids is 2. The van der Waals surface area contributed by atoms with Crippen LogP contribution in [0.1, 0.15) is 79.6 Å². The molecule has 0 saturated carbocycles. The maximum Gasteiger partial charge on any atom is 0.243 e. The Morgan fingerprint density at radius 3 is 2.25 bits per heavy atom. The molecule has 4 rings (SSSR count). The average molecular weight is 556 g/mol. The Morgan fingerprint density at radius 1 is 0.900 bits per heavy atom. The van der Waals surface area contributed by atoms with Crippen LogP contribution in [0.3, 0.4) is 0 Å². The van der Waals surface area contributed by atoms with Crippen molar-refractivity contribution in [2.24, 2.45) is 0 Å². The molecule has 5 N–H and O–H groups in total. The first-order chi connectivity index (χ1) is 19.5. The molecule has 10 nitrogen and oxygen atoms in total. The standard InChI is InChI=1S/C30H41N3O7/c34-19-22-9-11-23(12-10-22)27-16-26(18-33-15-3-4-25(33)20-35)39-30(40-27)24-13-7-21(8-14-24)17-31-28(36)5-1-2-6-29(37)32-38/h7-14,25-27,30,34-35,38H,1-6,15-20H2,(H,31,36)(H,32,37)/t25-,26-,27+,30+/m0/s1. The molecule has 0 aromatic heterocycles. The Kier molecular flexibility index (Phi) is 11.5. The topological polar surface area (TPSA) is 141 Å². The largest absolute Gasteiger partial charge is 0.395 e. The van der Waals surface area contributed by atoms with E-state index in [1.165, 1.54) is 0 Å². The van der Waals surface area contributed by atoms with Crippen molar-refractivity contribution in [3.63, 3.8) is 0 Å². The Balaban J connectivity index is 1.36. The zero-order valence-electron chi connectivity index (χ0n) is 22.8. The highest BCUT2D eigenvalue weighted by atomic mass is 16.7. The van der Waals surface area contributed by atoms with Crippen molar-refractivity contribution in [1.82, 2.24) is 15.7 Å². The van der Waals surface area contributed by atoms with Crippen LogP contribution >= 0.6 is 0 Å². The highest BCUT2D eigenvalue weighted by Crippen LogP contribution is 2.38. The second-order valence-corrected chi connectivity index (χ2v) is 10.6. The summed E-state index contributed by atoms with van der Waals surface area (Å²) in [5, 5.41) is 30.6. The van der Waals surface area contributed by atoms with Crippen molar-refractivity contribution >= 4 is 11.8 Å². The first-order valence-electron chi connectivity index (χ1n) is 14.1. The van der Waals surface area contributed by atoms with Gasteiger partial charge in [-0.2, -0.15) is 0 Å². The molecule has 0 bridgehead atoms. The summed E-state index contributed by atoms with van der Waals surface area (Å²) in [7, 11) is 0. The fraction of sp³-hybridized carbons (Fsp3) is 0.533. The lowest BCUT2D eigenvalue weighted by molar-refractivity contribution is -0.253. The van der Waals surface area contributed by atoms with Crippen LogP contribution < -0.4 is 10.8 Å². The summed E-state index contributed by atoms with van der Waals surface area (Å²) in [6.07, 6.45) is 3.55. The fourth-order valence-electron chi connectivity index (χ4n) is 5.35. The molecular formula is C30H41N3O7. The van der Waals surface area contributed by atoms with E-state index in [1.54, 1.807) is 5.48 Å². The molecular weight excluding hydrogens is 514 g/mol. The highest BCUT2D eigenvalue weighted by Gasteiger charge is 2.35. The molecule has 0 unspecified atom stereocenters. The minimum Gasteiger partial charge on any atom is -0.395 e. The van der Waals surface area contributed by atoms with Gasteiger partial charge in [-0.1, -0.05) is 48.5 Å². The monoisotopic (exact) mass is 555 g/mol. The molecule has 2 heterocycles. The number of hydroxylamine groups is 1. The van der Waals surface area contributed by atoms with E-state index in [4.69, 9.17) is 14.7 Å². The SMILES string of the molecule is O=C(CCCCC(=O)NCc1ccc([C@@H]2O[C@H](CN3CCC[C@H]3CO)C[C@H](c3ccc(CO)cc3)O2)cc1)NO. The molecule has 2 aromatic rings. The van der Waals surface area contributed by atoms with Gasteiger partial charge in [-0.25, -0.2) is 5.48 Å². The number of carbonyl (C=O) groups is 2. The summed E-state index contributed by atoms with van der Waals surface area (Å²) in [6, 6.07) is 15.8. The van der Waals surface area contributed by atoms with E-state index in [2.05, 4.69) is 10.2 Å². The van der Waals surface area contributed by atoms with Gasteiger partial charge in [0.1, 0.15) is 0 Å². The third kappa shape index (κ3) is 8.57. The number of hydrogen-bond donors (Lipinski definition) is 5. The number of aliphatic hydroxyl groups is 2. The molecule has 2 aliphatic rings. The van der Waals surface area contributed by atoms with Gasteiger partial charge in [0.15, 0.2) is 6.29 Å². The van der Waals surface area contributed by atoms with Crippen molar-refractivity contribution < 1.29 is 34.5 Å². The van der Waals surface area contributed by atoms with Crippen molar-refractivity contribution in [3.8, 4) is 0 Å². The minimum atomic E-state index is -0.559. The number of likely N-dealkylation sites (tertiary alicyclic amines) is 1. The molecule has 4 atom stereocenters. The van der Waals surface area contributed by atoms with Crippen LogP contribution in [-0.4, -0.2) is 64.0 Å². The summed E-state index contributed by atoms with van der Waals surface area (Å²) in [5.74, 6) is -0.539. The molecule has 2 saturated heterocycles. The van der Waals surface area contributed by atoms with E-state index < -0.39 is 12.2 Å². The molecule has 2 amide bonds. The van der Waals surface area contributed by atoms with Crippen LogP contribution in [0.25, 0.3) is 0 Å². The first kappa shape index (κ1) is 30.1. The lowest BCUT2D eigenvalue weighted by atomic mass is 9.99. The van der Waals surface area contributed by atoms with Gasteiger partial charge in [0.2, 0.25) is 11.8 Å². The molecule has 2 aliphatic heterocycles. The molecule has 10 heteroatoms. The average Bonchev–Trinajstić information content (AvgIpc) is 3.45. The number of rotatable bonds is 13. The molecule has 218 valence electrons. The van der Waals surface area contributed by atoms with Crippen LogP contribution in [0.15, 0.2) is 48.5 Å². The lowest BCUT2D eigenvalue weighted by Crippen LogP contribution is -2.42. The normalized spacial score (nSPS) is 23.2. The van der Waals surface area contributed by atoms with Gasteiger partial charge in [-0.3, -0.25) is 19.7 Å². The maximum atomic E-state index is 12.1. The summed E-state index contributed by atoms with van der Waals surface area (Å²) in [6.45, 7) is 2.21. The van der Waals surface area contributed by atoms with Gasteiger partial charge in [-0.15, -0.1) is 0 Å². The Labute approximate surface area is 235 Å². The quantitative estimate of drug-likeness (QED) is 0.144. The molecule has 0 aliphatic carbocycles. The van der Waals surface area contributed by atoms with Crippen molar-refractivity contribution in [1.29, 1.82) is 0 Å². The molecule has 40 heavy (non-hydrogen) atoms. The zero-order valence-corrected chi connectivity index (χ0v) is 22.8. The summed E-state index contributed by atoms with van der Waals surface area (Å²) >= 11 is 0. The van der Waals surface area contributed by atoms with Crippen LogP contribution in [0.2, 0.25) is 0 Å². The minimum absolute atomic E-state index is 0.00612. The molecule has 0 spiro atoms. The zero-order chi connectivity index (χ0) is 28.3. The number of nitrogens with one attached hydrogen (secondary N) is 2. The van der Waals surface area contributed by atoms with Crippen molar-refractivity contribution in [2.75, 3.05) is 19.7 Å². The molecule has 2 aromatic carbocycles. The highest BCUT2D eigenvalue weighted by molar-refractivity contribution is 5.76. The van der Waals surface area contributed by atoms with E-state index >= 15 is 0 Å². The number of amides is 2. The van der Waals surface area contributed by atoms with E-state index in [1.807, 2.05) is 48.5 Å². The van der Waals surface area contributed by atoms with Gasteiger partial charge in [-0.05, 0) is 48.9 Å². The maximum absolute atomic E-state index is 12.1. The van der Waals surface area contributed by atoms with Gasteiger partial charge in [0.05, 0.1) is 25.4 Å². The predicted octanol–water partition coefficient (Wildman–Crippen LogP) is 2.86. The van der Waals surface area contributed by atoms with E-state index in [0.29, 0.717) is 32.2 Å². The van der Waals surface area contributed by atoms with Gasteiger partial charge in [0, 0.05) is 44.0 Å². The second kappa shape index (κ2) is 15.2. The Hall–Kier alpha value is -2.86. The second-order valence-electron chi connectivity index (χ2n) is 10.6. The van der Waals surface area contributed by atoms with E-state index in [0.717, 1.165) is 48.2 Å². The Morgan fingerprint density at radius 2 is 1.57 bits per heavy atom. The van der Waals surface area contributed by atoms with Crippen molar-refractivity contribution in [3.05, 3.63) is 70.8 Å². The lowest BCUT2D eigenvalue weighted by Gasteiger charge is -2.38. The smallest absolute Gasteiger partial charge is 0.243 e. The summed E-state index contributed by atoms with van der Waals surface area (Å²) in [5.41, 5.74) is 5.31. The Bertz CT molecular complexity index is 1080. The number of ether oxygens (including phenoxy) is 2. The number of hydrogen-bond acceptors (Lipinski definition) is 8.